The highest BCUT2D eigenvalue weighted by Gasteiger charge is 2.84. The van der Waals surface area contributed by atoms with Crippen LogP contribution in [0, 0.1) is 0 Å². The van der Waals surface area contributed by atoms with Crippen molar-refractivity contribution in [1.29, 1.82) is 0 Å². The maximum atomic E-state index is 14.0. The third kappa shape index (κ3) is 4.17. The summed E-state index contributed by atoms with van der Waals surface area (Å²) in [5, 5.41) is 20.1. The Morgan fingerprint density at radius 3 is 1.20 bits per heavy atom. The quantitative estimate of drug-likeness (QED) is 0.363. The van der Waals surface area contributed by atoms with E-state index in [-0.39, 0.29) is 0 Å². The van der Waals surface area contributed by atoms with E-state index >= 15 is 0 Å². The van der Waals surface area contributed by atoms with Gasteiger partial charge < -0.3 is 24.5 Å². The first-order valence-electron chi connectivity index (χ1n) is 6.03. The summed E-state index contributed by atoms with van der Waals surface area (Å²) < 4.78 is 184. The van der Waals surface area contributed by atoms with Gasteiger partial charge in [-0.1, -0.05) is 0 Å². The number of hydrogen-bond donors (Lipinski definition) is 0. The zero-order chi connectivity index (χ0) is 24.7. The maximum Gasteiger partial charge on any atom is 0.471 e. The summed E-state index contributed by atoms with van der Waals surface area (Å²) in [7, 11) is 0. The Bertz CT molecular complexity index is 699. The summed E-state index contributed by atoms with van der Waals surface area (Å²) in [5.74, 6) is -39.5. The fourth-order valence-corrected chi connectivity index (χ4v) is 1.28. The lowest BCUT2D eigenvalue weighted by molar-refractivity contribution is -0.516. The van der Waals surface area contributed by atoms with Crippen LogP contribution in [0.25, 0.3) is 0 Å². The van der Waals surface area contributed by atoms with Gasteiger partial charge in [-0.15, -0.1) is 0 Å². The van der Waals surface area contributed by atoms with Gasteiger partial charge in [0, 0.05) is 0 Å². The molecule has 0 aromatic heterocycles. The van der Waals surface area contributed by atoms with E-state index in [2.05, 4.69) is 0 Å². The molecule has 0 saturated carbocycles. The summed E-state index contributed by atoms with van der Waals surface area (Å²) in [4.78, 5) is 20.1. The van der Waals surface area contributed by atoms with Gasteiger partial charge in [0.05, 0.1) is 0 Å². The first-order chi connectivity index (χ1) is 12.9. The molecule has 0 radical (unpaired) electrons. The number of carbonyl (C=O) groups is 2. The Hall–Kier alpha value is -2.54. The Morgan fingerprint density at radius 1 is 0.633 bits per heavy atom. The van der Waals surface area contributed by atoms with Gasteiger partial charge in [0.25, 0.3) is 0 Å². The van der Waals surface area contributed by atoms with Gasteiger partial charge >= 0.3 is 47.9 Å². The normalized spacial score (nSPS) is 15.9. The highest BCUT2D eigenvalue weighted by molar-refractivity contribution is 5.80. The smallest absolute Gasteiger partial charge is 0.471 e. The van der Waals surface area contributed by atoms with Gasteiger partial charge in [-0.2, -0.15) is 61.5 Å². The lowest BCUT2D eigenvalue weighted by Gasteiger charge is -2.43. The molecule has 0 aliphatic heterocycles. The van der Waals surface area contributed by atoms with E-state index in [0.29, 0.717) is 0 Å². The molecule has 0 rings (SSSR count). The summed E-state index contributed by atoms with van der Waals surface area (Å²) in [6.45, 7) is 0. The van der Waals surface area contributed by atoms with Crippen LogP contribution in [0.2, 0.25) is 0 Å². The number of carboxylic acid groups (broad SMARTS) is 2. The van der Waals surface area contributed by atoms with Crippen LogP contribution < -0.4 is 10.2 Å². The average Bonchev–Trinajstić information content (AvgIpc) is 2.51. The van der Waals surface area contributed by atoms with Crippen LogP contribution in [-0.4, -0.2) is 47.8 Å². The molecular formula is C10F14O6-2. The van der Waals surface area contributed by atoms with Crippen LogP contribution >= 0.6 is 0 Å². The van der Waals surface area contributed by atoms with Crippen molar-refractivity contribution in [2.45, 2.75) is 35.8 Å². The zero-order valence-corrected chi connectivity index (χ0v) is 12.7. The fraction of sp³-hybridized carbons (Fsp3) is 0.600. The molecule has 0 aliphatic carbocycles. The second kappa shape index (κ2) is 7.61. The summed E-state index contributed by atoms with van der Waals surface area (Å²) in [5.41, 5.74) is 0. The van der Waals surface area contributed by atoms with Crippen molar-refractivity contribution >= 4 is 11.9 Å². The van der Waals surface area contributed by atoms with E-state index in [1.807, 2.05) is 4.74 Å². The average molecular weight is 482 g/mol. The summed E-state index contributed by atoms with van der Waals surface area (Å²) in [6.07, 6.45) is -19.4. The molecular weight excluding hydrogens is 482 g/mol. The van der Waals surface area contributed by atoms with Crippen molar-refractivity contribution in [2.24, 2.45) is 0 Å². The van der Waals surface area contributed by atoms with Crippen molar-refractivity contribution in [3.05, 3.63) is 12.1 Å². The molecule has 176 valence electrons. The monoisotopic (exact) mass is 482 g/mol. The second-order valence-electron chi connectivity index (χ2n) is 4.67. The third-order valence-corrected chi connectivity index (χ3v) is 2.71. The number of ether oxygens (including phenoxy) is 2. The predicted octanol–water partition coefficient (Wildman–Crippen LogP) is 1.31. The Balaban J connectivity index is 7.04. The minimum absolute atomic E-state index is 1.58. The van der Waals surface area contributed by atoms with Crippen molar-refractivity contribution < 1.29 is 90.7 Å². The predicted molar refractivity (Wildman–Crippen MR) is 51.1 cm³/mol. The lowest BCUT2D eigenvalue weighted by Crippen LogP contribution is -2.74. The van der Waals surface area contributed by atoms with Crippen molar-refractivity contribution in [3.8, 4) is 0 Å². The molecule has 0 heterocycles. The van der Waals surface area contributed by atoms with Crippen LogP contribution in [0.4, 0.5) is 61.5 Å². The Labute approximate surface area is 152 Å². The number of carbonyl (C=O) groups excluding carboxylic acids is 2. The number of alkyl halides is 11. The minimum atomic E-state index is -7.86. The molecule has 20 heteroatoms. The molecule has 1 atom stereocenters. The van der Waals surface area contributed by atoms with Gasteiger partial charge in [-0.25, -0.2) is 0 Å². The van der Waals surface area contributed by atoms with Gasteiger partial charge in [0.1, 0.15) is 11.9 Å². The maximum absolute atomic E-state index is 14.0. The molecule has 0 fully saturated rings. The lowest BCUT2D eigenvalue weighted by atomic mass is 10.0. The van der Waals surface area contributed by atoms with Crippen LogP contribution in [-0.2, 0) is 19.1 Å². The van der Waals surface area contributed by atoms with Crippen LogP contribution in [0.15, 0.2) is 12.1 Å². The Kier molecular flexibility index (Phi) is 6.97. The fourth-order valence-electron chi connectivity index (χ4n) is 1.28. The number of halogens is 14. The van der Waals surface area contributed by atoms with E-state index in [9.17, 15) is 81.3 Å². The third-order valence-electron chi connectivity index (χ3n) is 2.71. The number of carboxylic acids is 2. The van der Waals surface area contributed by atoms with Crippen molar-refractivity contribution in [1.82, 2.24) is 0 Å². The van der Waals surface area contributed by atoms with Crippen molar-refractivity contribution in [2.75, 3.05) is 0 Å². The molecule has 0 bridgehead atoms. The van der Waals surface area contributed by atoms with Gasteiger partial charge in [-0.05, 0) is 0 Å². The standard InChI is InChI=1S/C10H2F14O6/c11-1(12)2(13)29-10(23,24)8(19,9(20,21)22)30-7(18,5(14,15)3(25)26)6(16,17)4(27)28/h(H,25,26)(H,27,28)/p-2. The first kappa shape index (κ1) is 27.5. The van der Waals surface area contributed by atoms with E-state index < -0.39 is 59.9 Å². The van der Waals surface area contributed by atoms with E-state index in [4.69, 9.17) is 0 Å². The molecule has 1 unspecified atom stereocenters. The molecule has 0 N–H and O–H groups in total. The largest absolute Gasteiger partial charge is 0.544 e. The Morgan fingerprint density at radius 2 is 0.967 bits per heavy atom. The number of rotatable bonds is 9. The van der Waals surface area contributed by atoms with Gasteiger partial charge in [-0.3, -0.25) is 4.74 Å². The van der Waals surface area contributed by atoms with E-state index in [1.165, 1.54) is 0 Å². The molecule has 0 saturated heterocycles. The van der Waals surface area contributed by atoms with Crippen LogP contribution in [0.1, 0.15) is 0 Å². The molecule has 0 amide bonds. The van der Waals surface area contributed by atoms with Crippen LogP contribution in [0.5, 0.6) is 0 Å². The van der Waals surface area contributed by atoms with E-state index in [0.717, 1.165) is 0 Å². The molecule has 0 aromatic rings. The minimum Gasteiger partial charge on any atom is -0.544 e. The van der Waals surface area contributed by atoms with Gasteiger partial charge in [0.2, 0.25) is 0 Å². The zero-order valence-electron chi connectivity index (χ0n) is 12.7. The number of aliphatic carboxylic acids is 2. The molecule has 6 nitrogen and oxygen atoms in total. The molecule has 0 aliphatic rings. The topological polar surface area (TPSA) is 98.7 Å². The molecule has 30 heavy (non-hydrogen) atoms. The summed E-state index contributed by atoms with van der Waals surface area (Å²) >= 11 is 0. The highest BCUT2D eigenvalue weighted by Crippen LogP contribution is 2.55. The summed E-state index contributed by atoms with van der Waals surface area (Å²) in [6, 6.07) is -4.10. The SMILES string of the molecule is O=C([O-])C(F)(F)C(F)(OC(F)(C(F)(F)F)C(F)(F)OC(F)=C(F)F)C(F)(F)C(=O)[O-]. The van der Waals surface area contributed by atoms with Crippen molar-refractivity contribution in [3.63, 3.8) is 0 Å². The molecule has 0 spiro atoms. The number of hydrogen-bond acceptors (Lipinski definition) is 6. The first-order valence-corrected chi connectivity index (χ1v) is 6.03. The van der Waals surface area contributed by atoms with Gasteiger partial charge in [0.15, 0.2) is 0 Å². The second-order valence-corrected chi connectivity index (χ2v) is 4.67. The van der Waals surface area contributed by atoms with Crippen LogP contribution in [0.3, 0.4) is 0 Å². The highest BCUT2D eigenvalue weighted by atomic mass is 19.4. The van der Waals surface area contributed by atoms with E-state index in [1.54, 1.807) is 4.74 Å². The molecule has 0 aromatic carbocycles.